The number of amides is 1. The van der Waals surface area contributed by atoms with E-state index in [2.05, 4.69) is 30.4 Å². The van der Waals surface area contributed by atoms with Gasteiger partial charge >= 0.3 is 0 Å². The van der Waals surface area contributed by atoms with Gasteiger partial charge in [0.2, 0.25) is 0 Å². The Labute approximate surface area is 151 Å². The van der Waals surface area contributed by atoms with Crippen molar-refractivity contribution in [1.82, 2.24) is 19.6 Å². The molecule has 1 unspecified atom stereocenters. The Morgan fingerprint density at radius 3 is 2.68 bits per heavy atom. The number of hydrogen-bond donors (Lipinski definition) is 0. The van der Waals surface area contributed by atoms with Gasteiger partial charge in [-0.2, -0.15) is 5.10 Å². The number of likely N-dealkylation sites (tertiary alicyclic amines) is 1. The van der Waals surface area contributed by atoms with Crippen molar-refractivity contribution >= 4 is 5.91 Å². The normalized spacial score (nSPS) is 20.6. The van der Waals surface area contributed by atoms with Crippen LogP contribution in [0, 0.1) is 0 Å². The summed E-state index contributed by atoms with van der Waals surface area (Å²) in [6, 6.07) is 0.478. The van der Waals surface area contributed by atoms with Crippen LogP contribution in [0.4, 0.5) is 0 Å². The summed E-state index contributed by atoms with van der Waals surface area (Å²) in [6.45, 7) is 12.1. The Morgan fingerprint density at radius 2 is 2.04 bits per heavy atom. The molecule has 1 amide bonds. The van der Waals surface area contributed by atoms with E-state index in [-0.39, 0.29) is 5.91 Å². The number of likely N-dealkylation sites (N-methyl/N-ethyl adjacent to an activating group) is 1. The average Bonchev–Trinajstić information content (AvgIpc) is 2.96. The first-order valence-electron chi connectivity index (χ1n) is 9.73. The number of hydrogen-bond acceptors (Lipinski definition) is 3. The molecule has 0 saturated carbocycles. The molecule has 1 saturated heterocycles. The maximum atomic E-state index is 13.0. The van der Waals surface area contributed by atoms with E-state index in [0.717, 1.165) is 58.3 Å². The van der Waals surface area contributed by atoms with E-state index in [4.69, 9.17) is 0 Å². The smallest absolute Gasteiger partial charge is 0.274 e. The van der Waals surface area contributed by atoms with Gasteiger partial charge in [-0.3, -0.25) is 14.4 Å². The molecule has 2 aliphatic rings. The molecule has 2 heterocycles. The van der Waals surface area contributed by atoms with E-state index >= 15 is 0 Å². The lowest BCUT2D eigenvalue weighted by Gasteiger charge is -2.34. The van der Waals surface area contributed by atoms with E-state index in [1.54, 1.807) is 0 Å². The molecule has 3 rings (SSSR count). The van der Waals surface area contributed by atoms with Gasteiger partial charge in [-0.05, 0) is 52.0 Å². The molecular weight excluding hydrogens is 312 g/mol. The second-order valence-electron chi connectivity index (χ2n) is 7.67. The zero-order chi connectivity index (χ0) is 18.0. The van der Waals surface area contributed by atoms with Gasteiger partial charge in [0, 0.05) is 44.0 Å². The highest BCUT2D eigenvalue weighted by Crippen LogP contribution is 2.28. The molecule has 5 heteroatoms. The summed E-state index contributed by atoms with van der Waals surface area (Å²) in [5.74, 6) is 0.139. The summed E-state index contributed by atoms with van der Waals surface area (Å²) in [6.07, 6.45) is 6.53. The lowest BCUT2D eigenvalue weighted by Crippen LogP contribution is -2.41. The molecule has 5 nitrogen and oxygen atoms in total. The highest BCUT2D eigenvalue weighted by molar-refractivity contribution is 5.94. The lowest BCUT2D eigenvalue weighted by atomic mass is 9.89. The van der Waals surface area contributed by atoms with Gasteiger partial charge in [0.1, 0.15) is 0 Å². The molecule has 0 N–H and O–H groups in total. The van der Waals surface area contributed by atoms with Crippen LogP contribution in [-0.4, -0.2) is 57.7 Å². The topological polar surface area (TPSA) is 41.4 Å². The third-order valence-corrected chi connectivity index (χ3v) is 5.67. The van der Waals surface area contributed by atoms with Crippen LogP contribution in [-0.2, 0) is 19.9 Å². The first-order valence-corrected chi connectivity index (χ1v) is 9.73. The Bertz CT molecular complexity index is 642. The van der Waals surface area contributed by atoms with E-state index < -0.39 is 0 Å². The summed E-state index contributed by atoms with van der Waals surface area (Å²) < 4.78 is 1.94. The van der Waals surface area contributed by atoms with Crippen molar-refractivity contribution < 1.29 is 4.79 Å². The zero-order valence-electron chi connectivity index (χ0n) is 16.1. The minimum atomic E-state index is 0.139. The molecule has 0 radical (unpaired) electrons. The van der Waals surface area contributed by atoms with Gasteiger partial charge < -0.3 is 4.90 Å². The van der Waals surface area contributed by atoms with Crippen LogP contribution in [0.1, 0.15) is 61.3 Å². The summed E-state index contributed by atoms with van der Waals surface area (Å²) >= 11 is 0. The third-order valence-electron chi connectivity index (χ3n) is 5.67. The minimum absolute atomic E-state index is 0.139. The highest BCUT2D eigenvalue weighted by Gasteiger charge is 2.32. The standard InChI is InChI=1S/C20H32N4O/c1-5-23(14-15(2)3)16-9-10-18-17(13-16)19(21-22(18)4)20(25)24-11-7-6-8-12-24/h16H,2,5-14H2,1,3-4H3. The fourth-order valence-electron chi connectivity index (χ4n) is 4.35. The van der Waals surface area contributed by atoms with Crippen molar-refractivity contribution in [3.8, 4) is 0 Å². The molecule has 1 aliphatic heterocycles. The number of fused-ring (bicyclic) bond motifs is 1. The number of nitrogens with zero attached hydrogens (tertiary/aromatic N) is 4. The van der Waals surface area contributed by atoms with Crippen molar-refractivity contribution in [2.45, 2.75) is 58.4 Å². The fourth-order valence-corrected chi connectivity index (χ4v) is 4.35. The predicted molar refractivity (Wildman–Crippen MR) is 101 cm³/mol. The fraction of sp³-hybridized carbons (Fsp3) is 0.700. The summed E-state index contributed by atoms with van der Waals surface area (Å²) in [5, 5.41) is 4.64. The number of rotatable bonds is 5. The highest BCUT2D eigenvalue weighted by atomic mass is 16.2. The molecule has 0 aromatic carbocycles. The molecule has 0 spiro atoms. The van der Waals surface area contributed by atoms with Crippen LogP contribution >= 0.6 is 0 Å². The average molecular weight is 345 g/mol. The van der Waals surface area contributed by atoms with Crippen molar-refractivity contribution in [2.75, 3.05) is 26.2 Å². The van der Waals surface area contributed by atoms with Crippen molar-refractivity contribution in [2.24, 2.45) is 7.05 Å². The molecule has 1 aromatic rings. The Hall–Kier alpha value is -1.62. The number of piperidine rings is 1. The van der Waals surface area contributed by atoms with Crippen molar-refractivity contribution in [3.63, 3.8) is 0 Å². The molecular formula is C20H32N4O. The Morgan fingerprint density at radius 1 is 1.32 bits per heavy atom. The number of carbonyl (C=O) groups is 1. The summed E-state index contributed by atoms with van der Waals surface area (Å²) in [5.41, 5.74) is 4.34. The van der Waals surface area contributed by atoms with E-state index in [1.165, 1.54) is 23.3 Å². The van der Waals surface area contributed by atoms with Crippen LogP contribution in [0.2, 0.25) is 0 Å². The molecule has 1 aromatic heterocycles. The van der Waals surface area contributed by atoms with Gasteiger partial charge in [0.05, 0.1) is 0 Å². The maximum absolute atomic E-state index is 13.0. The largest absolute Gasteiger partial charge is 0.337 e. The minimum Gasteiger partial charge on any atom is -0.337 e. The lowest BCUT2D eigenvalue weighted by molar-refractivity contribution is 0.0715. The van der Waals surface area contributed by atoms with E-state index in [9.17, 15) is 4.79 Å². The van der Waals surface area contributed by atoms with Crippen LogP contribution in [0.3, 0.4) is 0 Å². The molecule has 25 heavy (non-hydrogen) atoms. The summed E-state index contributed by atoms with van der Waals surface area (Å²) in [7, 11) is 1.98. The van der Waals surface area contributed by atoms with E-state index in [0.29, 0.717) is 11.7 Å². The Balaban J connectivity index is 1.82. The molecule has 1 fully saturated rings. The first-order chi connectivity index (χ1) is 12.0. The maximum Gasteiger partial charge on any atom is 0.274 e. The second-order valence-corrected chi connectivity index (χ2v) is 7.67. The zero-order valence-corrected chi connectivity index (χ0v) is 16.1. The van der Waals surface area contributed by atoms with Crippen LogP contribution in [0.25, 0.3) is 0 Å². The number of aryl methyl sites for hydroxylation is 1. The van der Waals surface area contributed by atoms with Crippen LogP contribution in [0.15, 0.2) is 12.2 Å². The Kier molecular flexibility index (Phi) is 5.62. The SMILES string of the molecule is C=C(C)CN(CC)C1CCc2c(c(C(=O)N3CCCCC3)nn2C)C1. The van der Waals surface area contributed by atoms with E-state index in [1.807, 2.05) is 16.6 Å². The molecule has 1 aliphatic carbocycles. The quantitative estimate of drug-likeness (QED) is 0.771. The van der Waals surface area contributed by atoms with Gasteiger partial charge in [0.25, 0.3) is 5.91 Å². The van der Waals surface area contributed by atoms with Crippen LogP contribution in [0.5, 0.6) is 0 Å². The number of carbonyl (C=O) groups excluding carboxylic acids is 1. The first kappa shape index (κ1) is 18.2. The number of aromatic nitrogens is 2. The molecule has 0 bridgehead atoms. The van der Waals surface area contributed by atoms with Gasteiger partial charge in [-0.15, -0.1) is 0 Å². The van der Waals surface area contributed by atoms with Gasteiger partial charge in [-0.25, -0.2) is 0 Å². The third kappa shape index (κ3) is 3.81. The van der Waals surface area contributed by atoms with Gasteiger partial charge in [0.15, 0.2) is 5.69 Å². The predicted octanol–water partition coefficient (Wildman–Crippen LogP) is 2.80. The van der Waals surface area contributed by atoms with Crippen molar-refractivity contribution in [3.05, 3.63) is 29.1 Å². The summed E-state index contributed by atoms with van der Waals surface area (Å²) in [4.78, 5) is 17.5. The molecule has 1 atom stereocenters. The van der Waals surface area contributed by atoms with Gasteiger partial charge in [-0.1, -0.05) is 19.1 Å². The monoisotopic (exact) mass is 344 g/mol. The second kappa shape index (κ2) is 7.73. The van der Waals surface area contributed by atoms with Crippen molar-refractivity contribution in [1.29, 1.82) is 0 Å². The van der Waals surface area contributed by atoms with Crippen LogP contribution < -0.4 is 0 Å². The molecule has 138 valence electrons.